The topological polar surface area (TPSA) is 17.1 Å². The van der Waals surface area contributed by atoms with Crippen molar-refractivity contribution >= 4 is 6.29 Å². The van der Waals surface area contributed by atoms with Crippen molar-refractivity contribution in [3.63, 3.8) is 0 Å². The van der Waals surface area contributed by atoms with Crippen molar-refractivity contribution in [1.29, 1.82) is 0 Å². The fourth-order valence-electron chi connectivity index (χ4n) is 2.52. The van der Waals surface area contributed by atoms with Crippen LogP contribution in [0.2, 0.25) is 0 Å². The molecular formula is C15H20O. The number of hydrogen-bond donors (Lipinski definition) is 0. The summed E-state index contributed by atoms with van der Waals surface area (Å²) in [6.07, 6.45) is 16.6. The van der Waals surface area contributed by atoms with Gasteiger partial charge in [0, 0.05) is 0 Å². The lowest BCUT2D eigenvalue weighted by Crippen LogP contribution is -2.20. The molecule has 0 aromatic heterocycles. The Balaban J connectivity index is 2.13. The van der Waals surface area contributed by atoms with Crippen molar-refractivity contribution in [1.82, 2.24) is 0 Å². The number of allylic oxidation sites excluding steroid dienone is 3. The van der Waals surface area contributed by atoms with Crippen molar-refractivity contribution in [2.24, 2.45) is 5.41 Å². The molecule has 0 spiro atoms. The highest BCUT2D eigenvalue weighted by Gasteiger charge is 2.26. The average molecular weight is 216 g/mol. The lowest BCUT2D eigenvalue weighted by Gasteiger charge is -2.24. The zero-order valence-electron chi connectivity index (χ0n) is 9.87. The van der Waals surface area contributed by atoms with Gasteiger partial charge in [-0.05, 0) is 56.6 Å². The molecule has 0 saturated heterocycles. The molecule has 0 aliphatic heterocycles. The summed E-state index contributed by atoms with van der Waals surface area (Å²) in [5.74, 6) is 0. The third-order valence-electron chi connectivity index (χ3n) is 3.70. The summed E-state index contributed by atoms with van der Waals surface area (Å²) in [5, 5.41) is 0. The first-order valence-electron chi connectivity index (χ1n) is 6.42. The summed E-state index contributed by atoms with van der Waals surface area (Å²) in [6, 6.07) is 0. The maximum Gasteiger partial charge on any atom is 0.130 e. The molecule has 16 heavy (non-hydrogen) atoms. The van der Waals surface area contributed by atoms with E-state index in [9.17, 15) is 4.79 Å². The van der Waals surface area contributed by atoms with Crippen LogP contribution in [0.25, 0.3) is 0 Å². The number of hydrogen-bond acceptors (Lipinski definition) is 1. The van der Waals surface area contributed by atoms with Crippen LogP contribution in [-0.4, -0.2) is 6.29 Å². The maximum absolute atomic E-state index is 11.2. The van der Waals surface area contributed by atoms with Gasteiger partial charge in [0.25, 0.3) is 0 Å². The van der Waals surface area contributed by atoms with Crippen LogP contribution in [0.4, 0.5) is 0 Å². The van der Waals surface area contributed by atoms with E-state index in [1.807, 2.05) is 6.08 Å². The highest BCUT2D eigenvalue weighted by atomic mass is 16.1. The van der Waals surface area contributed by atoms with E-state index in [1.54, 1.807) is 0 Å². The largest absolute Gasteiger partial charge is 0.302 e. The normalized spacial score (nSPS) is 29.6. The van der Waals surface area contributed by atoms with Gasteiger partial charge in [0.05, 0.1) is 5.41 Å². The van der Waals surface area contributed by atoms with Gasteiger partial charge in [0.15, 0.2) is 0 Å². The fraction of sp³-hybridized carbons (Fsp3) is 0.600. The zero-order valence-corrected chi connectivity index (χ0v) is 9.87. The molecule has 0 radical (unpaired) electrons. The molecule has 1 fully saturated rings. The molecule has 2 aliphatic carbocycles. The lowest BCUT2D eigenvalue weighted by atomic mass is 9.78. The summed E-state index contributed by atoms with van der Waals surface area (Å²) in [6.45, 7) is 0. The Kier molecular flexibility index (Phi) is 3.79. The summed E-state index contributed by atoms with van der Waals surface area (Å²) < 4.78 is 0. The monoisotopic (exact) mass is 216 g/mol. The molecule has 0 aromatic rings. The predicted octanol–water partition coefficient (Wildman–Crippen LogP) is 3.96. The Labute approximate surface area is 97.9 Å². The first kappa shape index (κ1) is 11.4. The molecular weight excluding hydrogens is 196 g/mol. The average Bonchev–Trinajstić information content (AvgIpc) is 2.39. The molecule has 1 atom stereocenters. The quantitative estimate of drug-likeness (QED) is 0.388. The van der Waals surface area contributed by atoms with E-state index in [-0.39, 0.29) is 5.41 Å². The third kappa shape index (κ3) is 2.74. The standard InChI is InChI=1S/C15H20O/c16-13-15(10-5-2-6-11-15)12-9-14-7-3-1-4-8-14/h2,5,12-13H,1,3-4,6-8,10-11H2/t15-/m0/s1. The Hall–Kier alpha value is -1.07. The molecule has 0 amide bonds. The van der Waals surface area contributed by atoms with Gasteiger partial charge in [0.1, 0.15) is 6.29 Å². The summed E-state index contributed by atoms with van der Waals surface area (Å²) in [7, 11) is 0. The summed E-state index contributed by atoms with van der Waals surface area (Å²) in [5.41, 5.74) is 4.58. The third-order valence-corrected chi connectivity index (χ3v) is 3.70. The van der Waals surface area contributed by atoms with E-state index in [0.717, 1.165) is 25.5 Å². The smallest absolute Gasteiger partial charge is 0.130 e. The number of carbonyl (C=O) groups is 1. The van der Waals surface area contributed by atoms with Crippen LogP contribution < -0.4 is 0 Å². The van der Waals surface area contributed by atoms with E-state index in [4.69, 9.17) is 0 Å². The molecule has 2 rings (SSSR count). The molecule has 0 N–H and O–H groups in total. The molecule has 0 unspecified atom stereocenters. The minimum absolute atomic E-state index is 0.251. The van der Waals surface area contributed by atoms with Crippen LogP contribution in [0.3, 0.4) is 0 Å². The fourth-order valence-corrected chi connectivity index (χ4v) is 2.52. The Morgan fingerprint density at radius 1 is 1.19 bits per heavy atom. The lowest BCUT2D eigenvalue weighted by molar-refractivity contribution is -0.114. The molecule has 0 heterocycles. The van der Waals surface area contributed by atoms with Crippen LogP contribution in [0.5, 0.6) is 0 Å². The zero-order chi connectivity index (χ0) is 11.3. The first-order valence-corrected chi connectivity index (χ1v) is 6.42. The molecule has 2 aliphatic rings. The summed E-state index contributed by atoms with van der Waals surface area (Å²) >= 11 is 0. The predicted molar refractivity (Wildman–Crippen MR) is 66.2 cm³/mol. The van der Waals surface area contributed by atoms with Crippen molar-refractivity contribution in [3.8, 4) is 0 Å². The van der Waals surface area contributed by atoms with Gasteiger partial charge in [-0.25, -0.2) is 0 Å². The Bertz CT molecular complexity index is 336. The summed E-state index contributed by atoms with van der Waals surface area (Å²) in [4.78, 5) is 11.2. The van der Waals surface area contributed by atoms with Crippen molar-refractivity contribution in [3.05, 3.63) is 29.5 Å². The van der Waals surface area contributed by atoms with Gasteiger partial charge in [-0.3, -0.25) is 0 Å². The van der Waals surface area contributed by atoms with Crippen LogP contribution in [0, 0.1) is 5.41 Å². The van der Waals surface area contributed by atoms with Crippen LogP contribution >= 0.6 is 0 Å². The molecule has 0 aromatic carbocycles. The highest BCUT2D eigenvalue weighted by molar-refractivity contribution is 5.63. The van der Waals surface area contributed by atoms with Gasteiger partial charge in [-0.1, -0.05) is 18.6 Å². The number of rotatable bonds is 2. The minimum Gasteiger partial charge on any atom is -0.302 e. The van der Waals surface area contributed by atoms with E-state index in [2.05, 4.69) is 17.9 Å². The van der Waals surface area contributed by atoms with E-state index in [1.165, 1.54) is 37.7 Å². The minimum atomic E-state index is -0.251. The maximum atomic E-state index is 11.2. The number of aldehydes is 1. The second kappa shape index (κ2) is 5.32. The van der Waals surface area contributed by atoms with E-state index >= 15 is 0 Å². The molecule has 86 valence electrons. The van der Waals surface area contributed by atoms with Crippen LogP contribution in [0.1, 0.15) is 51.4 Å². The molecule has 1 nitrogen and oxygen atoms in total. The second-order valence-electron chi connectivity index (χ2n) is 5.02. The highest BCUT2D eigenvalue weighted by Crippen LogP contribution is 2.32. The molecule has 0 bridgehead atoms. The van der Waals surface area contributed by atoms with E-state index < -0.39 is 0 Å². The van der Waals surface area contributed by atoms with Gasteiger partial charge >= 0.3 is 0 Å². The van der Waals surface area contributed by atoms with Crippen molar-refractivity contribution in [2.45, 2.75) is 51.4 Å². The first-order chi connectivity index (χ1) is 7.85. The van der Waals surface area contributed by atoms with Crippen molar-refractivity contribution in [2.75, 3.05) is 0 Å². The van der Waals surface area contributed by atoms with Crippen molar-refractivity contribution < 1.29 is 4.79 Å². The SMILES string of the molecule is O=C[C@@]1(C=C=C2CCCCC2)CC=CCC1. The van der Waals surface area contributed by atoms with E-state index in [0.29, 0.717) is 0 Å². The second-order valence-corrected chi connectivity index (χ2v) is 5.02. The Morgan fingerprint density at radius 2 is 2.00 bits per heavy atom. The van der Waals surface area contributed by atoms with Crippen LogP contribution in [-0.2, 0) is 4.79 Å². The number of carbonyl (C=O) groups excluding carboxylic acids is 1. The molecule has 1 saturated carbocycles. The van der Waals surface area contributed by atoms with Gasteiger partial charge in [-0.15, -0.1) is 5.73 Å². The molecule has 1 heteroatoms. The Morgan fingerprint density at radius 3 is 2.62 bits per heavy atom. The van der Waals surface area contributed by atoms with Crippen LogP contribution in [0.15, 0.2) is 29.5 Å². The van der Waals surface area contributed by atoms with Gasteiger partial charge < -0.3 is 4.79 Å². The van der Waals surface area contributed by atoms with Gasteiger partial charge in [0.2, 0.25) is 0 Å². The van der Waals surface area contributed by atoms with Gasteiger partial charge in [-0.2, -0.15) is 0 Å².